The topological polar surface area (TPSA) is 54.4 Å². The van der Waals surface area contributed by atoms with Crippen molar-refractivity contribution in [3.8, 4) is 44.5 Å². The van der Waals surface area contributed by atoms with E-state index in [0.717, 1.165) is 6.42 Å². The molecule has 7 heteroatoms. The Morgan fingerprint density at radius 2 is 1.02 bits per heavy atom. The summed E-state index contributed by atoms with van der Waals surface area (Å²) in [5.41, 5.74) is 11.8. The highest BCUT2D eigenvalue weighted by atomic mass is 32.2. The summed E-state index contributed by atoms with van der Waals surface area (Å²) in [4.78, 5) is 0. The fraction of sp³-hybridized carbons (Fsp3) is 0.143. The van der Waals surface area contributed by atoms with Crippen LogP contribution < -0.4 is 0 Å². The first-order valence-corrected chi connectivity index (χ1v) is 14.8. The molecule has 0 radical (unpaired) electrons. The molecule has 5 aromatic carbocycles. The van der Waals surface area contributed by atoms with Crippen molar-refractivity contribution < 1.29 is 26.1 Å². The van der Waals surface area contributed by atoms with Gasteiger partial charge in [-0.25, -0.2) is 0 Å². The maximum absolute atomic E-state index is 10.7. The predicted octanol–water partition coefficient (Wildman–Crippen LogP) is 9.58. The van der Waals surface area contributed by atoms with E-state index >= 15 is 0 Å². The SMILES string of the molecule is Cc1ccc(-c2cc3c(c(-c4ccc(C)cc4)c2-c2ccc(C)cc2)Cc2ccccc2-3)cc1.O=S(=O)(O)C(F)(F)F. The minimum absolute atomic E-state index is 0.974. The third-order valence-electron chi connectivity index (χ3n) is 7.45. The molecule has 5 aromatic rings. The lowest BCUT2D eigenvalue weighted by Gasteiger charge is -2.21. The van der Waals surface area contributed by atoms with E-state index in [1.807, 2.05) is 0 Å². The van der Waals surface area contributed by atoms with E-state index < -0.39 is 15.6 Å². The smallest absolute Gasteiger partial charge is 0.279 e. The minimum atomic E-state index is -5.84. The van der Waals surface area contributed by atoms with E-state index in [2.05, 4.69) is 124 Å². The van der Waals surface area contributed by atoms with Gasteiger partial charge in [0, 0.05) is 0 Å². The van der Waals surface area contributed by atoms with Crippen LogP contribution in [0.2, 0.25) is 0 Å². The normalized spacial score (nSPS) is 12.3. The van der Waals surface area contributed by atoms with Crippen molar-refractivity contribution in [3.05, 3.63) is 131 Å². The Morgan fingerprint density at radius 3 is 1.50 bits per heavy atom. The van der Waals surface area contributed by atoms with Crippen LogP contribution in [0.25, 0.3) is 44.5 Å². The number of aryl methyl sites for hydroxylation is 3. The van der Waals surface area contributed by atoms with Gasteiger partial charge in [0.2, 0.25) is 0 Å². The maximum Gasteiger partial charge on any atom is 0.522 e. The molecule has 0 fully saturated rings. The predicted molar refractivity (Wildman–Crippen MR) is 163 cm³/mol. The summed E-state index contributed by atoms with van der Waals surface area (Å²) in [7, 11) is -5.84. The molecule has 0 saturated carbocycles. The Kier molecular flexibility index (Phi) is 7.84. The van der Waals surface area contributed by atoms with E-state index in [9.17, 15) is 13.2 Å². The average molecular weight is 587 g/mol. The Balaban J connectivity index is 0.000000390. The van der Waals surface area contributed by atoms with E-state index in [0.29, 0.717) is 0 Å². The Hall–Kier alpha value is -4.20. The largest absolute Gasteiger partial charge is 0.522 e. The first kappa shape index (κ1) is 29.3. The zero-order chi connectivity index (χ0) is 30.2. The van der Waals surface area contributed by atoms with Gasteiger partial charge in [-0.3, -0.25) is 4.55 Å². The molecule has 0 saturated heterocycles. The molecule has 0 aromatic heterocycles. The third-order valence-corrected chi connectivity index (χ3v) is 8.03. The molecule has 1 N–H and O–H groups in total. The van der Waals surface area contributed by atoms with Crippen LogP contribution in [0.5, 0.6) is 0 Å². The van der Waals surface area contributed by atoms with Crippen LogP contribution in [0, 0.1) is 20.8 Å². The van der Waals surface area contributed by atoms with Crippen molar-refractivity contribution in [3.63, 3.8) is 0 Å². The number of rotatable bonds is 3. The van der Waals surface area contributed by atoms with Gasteiger partial charge in [0.05, 0.1) is 0 Å². The summed E-state index contributed by atoms with van der Waals surface area (Å²) in [5, 5.41) is 0. The van der Waals surface area contributed by atoms with Gasteiger partial charge in [0.1, 0.15) is 0 Å². The van der Waals surface area contributed by atoms with Crippen LogP contribution in [0.4, 0.5) is 13.2 Å². The molecule has 0 unspecified atom stereocenters. The highest BCUT2D eigenvalue weighted by Crippen LogP contribution is 2.50. The molecule has 42 heavy (non-hydrogen) atoms. The van der Waals surface area contributed by atoms with E-state index in [1.54, 1.807) is 0 Å². The number of benzene rings is 5. The lowest BCUT2D eigenvalue weighted by molar-refractivity contribution is -0.0510. The zero-order valence-corrected chi connectivity index (χ0v) is 24.1. The average Bonchev–Trinajstić information content (AvgIpc) is 3.31. The lowest BCUT2D eigenvalue weighted by atomic mass is 9.82. The molecule has 0 bridgehead atoms. The minimum Gasteiger partial charge on any atom is -0.279 e. The molecular formula is C35H29F3O3S. The van der Waals surface area contributed by atoms with Gasteiger partial charge >= 0.3 is 15.6 Å². The third kappa shape index (κ3) is 5.89. The highest BCUT2D eigenvalue weighted by molar-refractivity contribution is 7.86. The van der Waals surface area contributed by atoms with Gasteiger partial charge < -0.3 is 0 Å². The first-order valence-electron chi connectivity index (χ1n) is 13.4. The van der Waals surface area contributed by atoms with Gasteiger partial charge in [0.25, 0.3) is 0 Å². The molecule has 214 valence electrons. The van der Waals surface area contributed by atoms with Gasteiger partial charge in [-0.1, -0.05) is 114 Å². The van der Waals surface area contributed by atoms with Crippen molar-refractivity contribution in [1.82, 2.24) is 0 Å². The van der Waals surface area contributed by atoms with Crippen molar-refractivity contribution in [2.24, 2.45) is 0 Å². The number of halogens is 3. The fourth-order valence-corrected chi connectivity index (χ4v) is 5.30. The van der Waals surface area contributed by atoms with Crippen LogP contribution >= 0.6 is 0 Å². The molecule has 0 spiro atoms. The Morgan fingerprint density at radius 1 is 0.595 bits per heavy atom. The fourth-order valence-electron chi connectivity index (χ4n) is 5.30. The number of alkyl halides is 3. The molecule has 6 rings (SSSR count). The molecule has 3 nitrogen and oxygen atoms in total. The monoisotopic (exact) mass is 586 g/mol. The van der Waals surface area contributed by atoms with Gasteiger partial charge in [-0.2, -0.15) is 21.6 Å². The maximum atomic E-state index is 10.7. The summed E-state index contributed by atoms with van der Waals surface area (Å²) in [5.74, 6) is 0. The number of hydrogen-bond donors (Lipinski definition) is 1. The van der Waals surface area contributed by atoms with Crippen molar-refractivity contribution in [2.45, 2.75) is 32.7 Å². The molecule has 0 atom stereocenters. The van der Waals surface area contributed by atoms with Gasteiger partial charge in [-0.05, 0) is 88.9 Å². The number of fused-ring (bicyclic) bond motifs is 3. The second-order valence-electron chi connectivity index (χ2n) is 10.6. The summed E-state index contributed by atoms with van der Waals surface area (Å²) in [6.45, 7) is 6.47. The lowest BCUT2D eigenvalue weighted by Crippen LogP contribution is -2.21. The Labute approximate surface area is 244 Å². The van der Waals surface area contributed by atoms with E-state index in [1.165, 1.54) is 72.3 Å². The molecule has 0 aliphatic heterocycles. The van der Waals surface area contributed by atoms with Crippen LogP contribution in [0.1, 0.15) is 27.8 Å². The molecule has 0 heterocycles. The standard InChI is InChI=1S/C34H28.CHF3O3S/c1-22-8-14-25(15-9-22)30-21-31-29-7-5-4-6-28(29)20-32(31)34(27-18-12-24(3)13-19-27)33(30)26-16-10-23(2)11-17-26;2-1(3,4)8(5,6)7/h4-19,21H,20H2,1-3H3;(H,5,6,7). The van der Waals surface area contributed by atoms with Crippen LogP contribution in [0.15, 0.2) is 103 Å². The summed E-state index contributed by atoms with van der Waals surface area (Å²) < 4.78 is 57.5. The van der Waals surface area contributed by atoms with Crippen LogP contribution in [-0.2, 0) is 16.5 Å². The summed E-state index contributed by atoms with van der Waals surface area (Å²) in [6.07, 6.45) is 0.974. The zero-order valence-electron chi connectivity index (χ0n) is 23.3. The molecule has 1 aliphatic carbocycles. The quantitative estimate of drug-likeness (QED) is 0.166. The van der Waals surface area contributed by atoms with Crippen LogP contribution in [0.3, 0.4) is 0 Å². The highest BCUT2D eigenvalue weighted by Gasteiger charge is 2.44. The molecular weight excluding hydrogens is 557 g/mol. The van der Waals surface area contributed by atoms with Crippen molar-refractivity contribution in [2.75, 3.05) is 0 Å². The molecule has 1 aliphatic rings. The van der Waals surface area contributed by atoms with E-state index in [4.69, 9.17) is 13.0 Å². The van der Waals surface area contributed by atoms with Crippen molar-refractivity contribution in [1.29, 1.82) is 0 Å². The summed E-state index contributed by atoms with van der Waals surface area (Å²) in [6, 6.07) is 38.4. The second-order valence-corrected chi connectivity index (χ2v) is 12.0. The number of hydrogen-bond acceptors (Lipinski definition) is 2. The molecule has 0 amide bonds. The van der Waals surface area contributed by atoms with Gasteiger partial charge in [0.15, 0.2) is 0 Å². The van der Waals surface area contributed by atoms with Crippen LogP contribution in [-0.4, -0.2) is 18.5 Å². The van der Waals surface area contributed by atoms with Crippen molar-refractivity contribution >= 4 is 10.1 Å². The summed E-state index contributed by atoms with van der Waals surface area (Å²) >= 11 is 0. The van der Waals surface area contributed by atoms with E-state index in [-0.39, 0.29) is 0 Å². The second kappa shape index (κ2) is 11.2. The Bertz CT molecular complexity index is 1860. The van der Waals surface area contributed by atoms with Gasteiger partial charge in [-0.15, -0.1) is 0 Å². The first-order chi connectivity index (χ1) is 19.8.